The van der Waals surface area contributed by atoms with Gasteiger partial charge in [-0.1, -0.05) is 205 Å². The molecule has 1 aliphatic rings. The molecule has 9 nitrogen and oxygen atoms in total. The molecular weight excluding hydrogens is 867 g/mol. The van der Waals surface area contributed by atoms with Crippen LogP contribution >= 0.6 is 22.6 Å². The van der Waals surface area contributed by atoms with Gasteiger partial charge in [0.2, 0.25) is 0 Å². The zero-order valence-corrected chi connectivity index (χ0v) is 34.4. The lowest BCUT2D eigenvalue weighted by molar-refractivity contribution is -0.131. The predicted molar refractivity (Wildman–Crippen MR) is 239 cm³/mol. The molecular formula is C50H41IN2O7. The molecule has 10 heteroatoms. The second kappa shape index (κ2) is 18.0. The smallest absolute Gasteiger partial charge is 0.330 e. The van der Waals surface area contributed by atoms with E-state index in [0.717, 1.165) is 45.5 Å². The van der Waals surface area contributed by atoms with Crippen molar-refractivity contribution in [1.82, 2.24) is 9.55 Å². The van der Waals surface area contributed by atoms with Crippen molar-refractivity contribution in [2.75, 3.05) is 6.61 Å². The van der Waals surface area contributed by atoms with Gasteiger partial charge >= 0.3 is 11.7 Å². The lowest BCUT2D eigenvalue weighted by Crippen LogP contribution is -2.44. The SMILES string of the molecule is O=C(O)C=Cc1cn([C@@H]2O[C@H](COC(c3ccccc3)(c3ccccc3)c3ccccc3)[C@@H](I)[C@H]2OC(c2ccccc2)(c2ccccc2)c2ccccc2)c(=O)[nH]c1=O. The van der Waals surface area contributed by atoms with Gasteiger partial charge in [-0.05, 0) is 39.5 Å². The average Bonchev–Trinajstić information content (AvgIpc) is 3.60. The first-order chi connectivity index (χ1) is 29.3. The van der Waals surface area contributed by atoms with Crippen LogP contribution in [0.3, 0.4) is 0 Å². The average molecular weight is 909 g/mol. The largest absolute Gasteiger partial charge is 0.478 e. The van der Waals surface area contributed by atoms with E-state index >= 15 is 0 Å². The van der Waals surface area contributed by atoms with Gasteiger partial charge in [0.15, 0.2) is 6.23 Å². The predicted octanol–water partition coefficient (Wildman–Crippen LogP) is 8.72. The Labute approximate surface area is 360 Å². The molecule has 8 rings (SSSR count). The molecule has 0 radical (unpaired) electrons. The molecule has 2 heterocycles. The third-order valence-electron chi connectivity index (χ3n) is 10.8. The number of aromatic nitrogens is 2. The van der Waals surface area contributed by atoms with Gasteiger partial charge in [-0.3, -0.25) is 14.3 Å². The molecule has 0 aliphatic carbocycles. The Balaban J connectivity index is 1.29. The van der Waals surface area contributed by atoms with Crippen LogP contribution in [0.15, 0.2) is 204 Å². The molecule has 1 fully saturated rings. The Kier molecular flexibility index (Phi) is 12.2. The second-order valence-electron chi connectivity index (χ2n) is 14.4. The molecule has 1 aliphatic heterocycles. The number of alkyl halides is 1. The van der Waals surface area contributed by atoms with Crippen LogP contribution in [-0.4, -0.2) is 43.4 Å². The van der Waals surface area contributed by atoms with E-state index in [1.807, 2.05) is 182 Å². The van der Waals surface area contributed by atoms with E-state index in [1.54, 1.807) is 0 Å². The maximum atomic E-state index is 13.9. The molecule has 0 saturated carbocycles. The number of rotatable bonds is 14. The van der Waals surface area contributed by atoms with E-state index in [1.165, 1.54) is 10.8 Å². The van der Waals surface area contributed by atoms with Crippen molar-refractivity contribution >= 4 is 34.6 Å². The number of H-pyrrole nitrogens is 1. The molecule has 4 atom stereocenters. The van der Waals surface area contributed by atoms with Gasteiger partial charge in [-0.15, -0.1) is 0 Å². The number of hydrogen-bond donors (Lipinski definition) is 2. The molecule has 1 aromatic heterocycles. The van der Waals surface area contributed by atoms with Gasteiger partial charge in [0.1, 0.15) is 17.3 Å². The van der Waals surface area contributed by atoms with Crippen molar-refractivity contribution < 1.29 is 24.1 Å². The number of ether oxygens (including phenoxy) is 3. The van der Waals surface area contributed by atoms with Gasteiger partial charge in [-0.25, -0.2) is 9.59 Å². The van der Waals surface area contributed by atoms with Gasteiger partial charge in [0.05, 0.1) is 22.2 Å². The topological polar surface area (TPSA) is 120 Å². The van der Waals surface area contributed by atoms with E-state index in [-0.39, 0.29) is 12.2 Å². The number of aliphatic carboxylic acids is 1. The highest BCUT2D eigenvalue weighted by Gasteiger charge is 2.52. The fourth-order valence-corrected chi connectivity index (χ4v) is 8.93. The van der Waals surface area contributed by atoms with Crippen molar-refractivity contribution in [3.63, 3.8) is 0 Å². The number of carbonyl (C=O) groups is 1. The molecule has 0 unspecified atom stereocenters. The van der Waals surface area contributed by atoms with E-state index in [0.29, 0.717) is 0 Å². The number of benzene rings is 6. The highest BCUT2D eigenvalue weighted by molar-refractivity contribution is 14.1. The quantitative estimate of drug-likeness (QED) is 0.0485. The molecule has 1 saturated heterocycles. The van der Waals surface area contributed by atoms with Crippen LogP contribution in [0.1, 0.15) is 45.2 Å². The second-order valence-corrected chi connectivity index (χ2v) is 15.8. The fraction of sp³-hybridized carbons (Fsp3) is 0.140. The summed E-state index contributed by atoms with van der Waals surface area (Å²) in [5.41, 5.74) is 1.49. The summed E-state index contributed by atoms with van der Waals surface area (Å²) in [4.78, 5) is 40.8. The molecule has 2 N–H and O–H groups in total. The monoisotopic (exact) mass is 908 g/mol. The minimum Gasteiger partial charge on any atom is -0.478 e. The van der Waals surface area contributed by atoms with Gasteiger partial charge < -0.3 is 19.3 Å². The number of carboxylic acids is 1. The number of nitrogens with zero attached hydrogens (tertiary/aromatic N) is 1. The first-order valence-corrected chi connectivity index (χ1v) is 20.8. The Morgan fingerprint density at radius 3 is 1.42 bits per heavy atom. The summed E-state index contributed by atoms with van der Waals surface area (Å²) < 4.78 is 22.7. The van der Waals surface area contributed by atoms with Gasteiger partial charge in [0.25, 0.3) is 5.56 Å². The lowest BCUT2D eigenvalue weighted by Gasteiger charge is -2.40. The molecule has 7 aromatic rings. The number of aromatic amines is 1. The van der Waals surface area contributed by atoms with Gasteiger partial charge in [-0.2, -0.15) is 0 Å². The van der Waals surface area contributed by atoms with Crippen molar-refractivity contribution in [3.8, 4) is 0 Å². The highest BCUT2D eigenvalue weighted by atomic mass is 127. The Bertz CT molecular complexity index is 2470. The summed E-state index contributed by atoms with van der Waals surface area (Å²) in [7, 11) is 0. The maximum Gasteiger partial charge on any atom is 0.330 e. The Morgan fingerprint density at radius 2 is 1.03 bits per heavy atom. The van der Waals surface area contributed by atoms with Crippen molar-refractivity contribution in [1.29, 1.82) is 0 Å². The third-order valence-corrected chi connectivity index (χ3v) is 12.3. The zero-order chi connectivity index (χ0) is 41.5. The van der Waals surface area contributed by atoms with Gasteiger partial charge in [0, 0.05) is 12.3 Å². The number of carboxylic acid groups (broad SMARTS) is 1. The summed E-state index contributed by atoms with van der Waals surface area (Å²) >= 11 is 2.34. The molecule has 0 spiro atoms. The first kappa shape index (κ1) is 40.6. The Hall–Kier alpha value is -6.18. The number of hydrogen-bond acceptors (Lipinski definition) is 6. The fourth-order valence-electron chi connectivity index (χ4n) is 8.05. The summed E-state index contributed by atoms with van der Waals surface area (Å²) in [6.07, 6.45) is 0.679. The van der Waals surface area contributed by atoms with Crippen molar-refractivity contribution in [2.45, 2.75) is 33.6 Å². The van der Waals surface area contributed by atoms with E-state index in [4.69, 9.17) is 14.2 Å². The van der Waals surface area contributed by atoms with Crippen LogP contribution in [-0.2, 0) is 30.2 Å². The molecule has 0 bridgehead atoms. The highest BCUT2D eigenvalue weighted by Crippen LogP contribution is 2.48. The van der Waals surface area contributed by atoms with E-state index < -0.39 is 50.8 Å². The minimum atomic E-state index is -1.24. The summed E-state index contributed by atoms with van der Waals surface area (Å²) in [6.45, 7) is 0.0571. The van der Waals surface area contributed by atoms with E-state index in [9.17, 15) is 19.5 Å². The summed E-state index contributed by atoms with van der Waals surface area (Å²) in [5.74, 6) is -1.24. The summed E-state index contributed by atoms with van der Waals surface area (Å²) in [5, 5.41) is 9.41. The van der Waals surface area contributed by atoms with Crippen molar-refractivity contribution in [3.05, 3.63) is 254 Å². The van der Waals surface area contributed by atoms with Crippen molar-refractivity contribution in [2.24, 2.45) is 0 Å². The molecule has 6 aromatic carbocycles. The van der Waals surface area contributed by atoms with Crippen LogP contribution in [0.2, 0.25) is 0 Å². The number of halogens is 1. The third kappa shape index (κ3) is 7.94. The van der Waals surface area contributed by atoms with Crippen LogP contribution in [0.4, 0.5) is 0 Å². The maximum absolute atomic E-state index is 13.9. The standard InChI is InChI=1S/C50H41IN2O7/c51-44-42(34-58-49(36-19-7-1-8-20-36,37-21-9-2-10-22-37)38-23-11-3-12-24-38)59-47(53-33-35(31-32-43(54)55)46(56)52-48(53)57)45(44)60-50(39-25-13-4-14-26-39,40-27-15-5-16-28-40)41-29-17-6-18-30-41/h1-33,42,44-45,47H,34H2,(H,54,55)(H,52,56,57)/t42-,44-,45-,47-/m1/s1. The minimum absolute atomic E-state index is 0.0410. The lowest BCUT2D eigenvalue weighted by atomic mass is 9.79. The van der Waals surface area contributed by atoms with Crippen LogP contribution in [0.25, 0.3) is 6.08 Å². The van der Waals surface area contributed by atoms with E-state index in [2.05, 4.69) is 27.6 Å². The molecule has 300 valence electrons. The summed E-state index contributed by atoms with van der Waals surface area (Å²) in [6, 6.07) is 59.8. The van der Waals surface area contributed by atoms with Crippen LogP contribution in [0.5, 0.6) is 0 Å². The number of nitrogens with one attached hydrogen (secondary N) is 1. The molecule has 0 amide bonds. The zero-order valence-electron chi connectivity index (χ0n) is 32.3. The van der Waals surface area contributed by atoms with Crippen LogP contribution in [0, 0.1) is 0 Å². The normalized spacial score (nSPS) is 18.1. The first-order valence-electron chi connectivity index (χ1n) is 19.5. The molecule has 60 heavy (non-hydrogen) atoms. The Morgan fingerprint density at radius 1 is 0.650 bits per heavy atom. The van der Waals surface area contributed by atoms with Crippen LogP contribution < -0.4 is 11.2 Å².